The van der Waals surface area contributed by atoms with Gasteiger partial charge in [0.15, 0.2) is 24.8 Å². The quantitative estimate of drug-likeness (QED) is 0.195. The molecule has 2 unspecified atom stereocenters. The fourth-order valence-corrected chi connectivity index (χ4v) is 5.60. The van der Waals surface area contributed by atoms with Gasteiger partial charge < -0.3 is 0 Å². The monoisotopic (exact) mass is 463 g/mol. The lowest BCUT2D eigenvalue weighted by molar-refractivity contribution is -0.792. The van der Waals surface area contributed by atoms with E-state index in [1.54, 1.807) is 10.9 Å². The van der Waals surface area contributed by atoms with Gasteiger partial charge in [-0.1, -0.05) is 6.58 Å². The summed E-state index contributed by atoms with van der Waals surface area (Å²) in [5.41, 5.74) is 3.11. The highest BCUT2D eigenvalue weighted by molar-refractivity contribution is 5.62. The number of fused-ring (bicyclic) bond motifs is 9. The fourth-order valence-electron chi connectivity index (χ4n) is 5.60. The SMILES string of the molecule is C=C1C[n+]2ccccc2-c2c(F)cc(F)cc2CCC2c3cc(F)cc(F)c3-n3ccc[n+]3C12. The third-order valence-electron chi connectivity index (χ3n) is 6.92. The van der Waals surface area contributed by atoms with Crippen molar-refractivity contribution in [2.75, 3.05) is 0 Å². The number of rotatable bonds is 0. The zero-order valence-corrected chi connectivity index (χ0v) is 18.2. The van der Waals surface area contributed by atoms with Gasteiger partial charge in [0.2, 0.25) is 11.7 Å². The van der Waals surface area contributed by atoms with E-state index in [2.05, 4.69) is 6.58 Å². The summed E-state index contributed by atoms with van der Waals surface area (Å²) in [6.07, 6.45) is 6.18. The molecule has 2 atom stereocenters. The van der Waals surface area contributed by atoms with Crippen molar-refractivity contribution in [1.82, 2.24) is 4.68 Å². The molecule has 2 aromatic carbocycles. The molecule has 0 bridgehead atoms. The minimum atomic E-state index is -0.657. The van der Waals surface area contributed by atoms with Gasteiger partial charge in [-0.05, 0) is 42.2 Å². The Balaban J connectivity index is 1.60. The highest BCUT2D eigenvalue weighted by Gasteiger charge is 2.45. The third kappa shape index (κ3) is 3.10. The van der Waals surface area contributed by atoms with E-state index >= 15 is 8.78 Å². The second kappa shape index (κ2) is 7.65. The zero-order valence-electron chi connectivity index (χ0n) is 18.2. The van der Waals surface area contributed by atoms with Crippen LogP contribution in [0, 0.1) is 23.3 Å². The number of nitrogens with zero attached hydrogens (tertiary/aromatic N) is 3. The molecular formula is C27H21F4N3+2. The first-order valence-electron chi connectivity index (χ1n) is 11.1. The van der Waals surface area contributed by atoms with Gasteiger partial charge in [0.1, 0.15) is 23.1 Å². The van der Waals surface area contributed by atoms with Crippen LogP contribution in [-0.4, -0.2) is 4.68 Å². The van der Waals surface area contributed by atoms with E-state index in [9.17, 15) is 8.78 Å². The van der Waals surface area contributed by atoms with Crippen LogP contribution in [0.1, 0.15) is 29.5 Å². The number of aryl methyl sites for hydroxylation is 1. The Morgan fingerprint density at radius 2 is 1.71 bits per heavy atom. The summed E-state index contributed by atoms with van der Waals surface area (Å²) >= 11 is 0. The first-order chi connectivity index (χ1) is 16.4. The number of hydrogen-bond donors (Lipinski definition) is 0. The molecule has 0 N–H and O–H groups in total. The minimum absolute atomic E-state index is 0.288. The van der Waals surface area contributed by atoms with Gasteiger partial charge in [-0.15, -0.1) is 9.36 Å². The van der Waals surface area contributed by atoms with Crippen molar-refractivity contribution in [3.8, 4) is 16.9 Å². The minimum Gasteiger partial charge on any atom is -0.207 e. The molecule has 0 saturated carbocycles. The average Bonchev–Trinajstić information content (AvgIpc) is 3.26. The summed E-state index contributed by atoms with van der Waals surface area (Å²) in [4.78, 5) is 0. The Labute approximate surface area is 193 Å². The first kappa shape index (κ1) is 20.8. The predicted molar refractivity (Wildman–Crippen MR) is 117 cm³/mol. The van der Waals surface area contributed by atoms with Crippen LogP contribution in [0.3, 0.4) is 0 Å². The molecular weight excluding hydrogens is 442 g/mol. The smallest absolute Gasteiger partial charge is 0.207 e. The Morgan fingerprint density at radius 1 is 0.912 bits per heavy atom. The summed E-state index contributed by atoms with van der Waals surface area (Å²) < 4.78 is 64.3. The van der Waals surface area contributed by atoms with E-state index < -0.39 is 23.3 Å². The van der Waals surface area contributed by atoms with Gasteiger partial charge in [-0.2, -0.15) is 4.57 Å². The largest absolute Gasteiger partial charge is 0.216 e. The lowest BCUT2D eigenvalue weighted by Gasteiger charge is -2.31. The topological polar surface area (TPSA) is 12.7 Å². The third-order valence-corrected chi connectivity index (χ3v) is 6.92. The van der Waals surface area contributed by atoms with Gasteiger partial charge in [-0.25, -0.2) is 17.6 Å². The van der Waals surface area contributed by atoms with Gasteiger partial charge in [0, 0.05) is 30.3 Å². The summed E-state index contributed by atoms with van der Waals surface area (Å²) in [7, 11) is 0. The normalized spacial score (nSPS) is 18.9. The van der Waals surface area contributed by atoms with E-state index in [0.717, 1.165) is 17.7 Å². The fraction of sp³-hybridized carbons (Fsp3) is 0.185. The van der Waals surface area contributed by atoms with Crippen molar-refractivity contribution in [2.24, 2.45) is 0 Å². The molecule has 2 aromatic heterocycles. The summed E-state index contributed by atoms with van der Waals surface area (Å²) in [5.74, 6) is -2.94. The van der Waals surface area contributed by atoms with Crippen LogP contribution >= 0.6 is 0 Å². The van der Waals surface area contributed by atoms with E-state index in [1.807, 2.05) is 45.9 Å². The molecule has 2 aliphatic heterocycles. The van der Waals surface area contributed by atoms with Crippen molar-refractivity contribution >= 4 is 0 Å². The van der Waals surface area contributed by atoms with Crippen molar-refractivity contribution in [3.63, 3.8) is 0 Å². The molecule has 0 fully saturated rings. The number of aromatic nitrogens is 3. The number of pyridine rings is 1. The summed E-state index contributed by atoms with van der Waals surface area (Å²) in [5, 5.41) is 0. The molecule has 0 amide bonds. The number of halogens is 4. The van der Waals surface area contributed by atoms with Crippen molar-refractivity contribution in [1.29, 1.82) is 0 Å². The van der Waals surface area contributed by atoms with Crippen molar-refractivity contribution in [3.05, 3.63) is 114 Å². The van der Waals surface area contributed by atoms with Gasteiger partial charge >= 0.3 is 0 Å². The van der Waals surface area contributed by atoms with E-state index in [0.29, 0.717) is 41.8 Å². The maximum Gasteiger partial charge on any atom is 0.216 e. The molecule has 0 aliphatic carbocycles. The van der Waals surface area contributed by atoms with Gasteiger partial charge in [0.05, 0.1) is 23.3 Å². The second-order valence-corrected chi connectivity index (χ2v) is 8.92. The Hall–Kier alpha value is -3.74. The number of benzene rings is 2. The van der Waals surface area contributed by atoms with Crippen LogP contribution in [0.5, 0.6) is 0 Å². The van der Waals surface area contributed by atoms with Crippen molar-refractivity contribution < 1.29 is 26.8 Å². The lowest BCUT2D eigenvalue weighted by Crippen LogP contribution is -2.55. The molecule has 0 radical (unpaired) electrons. The van der Waals surface area contributed by atoms with Crippen LogP contribution in [-0.2, 0) is 13.0 Å². The molecule has 4 aromatic rings. The summed E-state index contributed by atoms with van der Waals surface area (Å²) in [6.45, 7) is 4.72. The highest BCUT2D eigenvalue weighted by atomic mass is 19.1. The molecule has 7 heteroatoms. The van der Waals surface area contributed by atoms with E-state index in [-0.39, 0.29) is 17.6 Å². The Morgan fingerprint density at radius 3 is 2.56 bits per heavy atom. The Bertz CT molecular complexity index is 1470. The zero-order chi connectivity index (χ0) is 23.6. The molecule has 170 valence electrons. The predicted octanol–water partition coefficient (Wildman–Crippen LogP) is 5.12. The van der Waals surface area contributed by atoms with Crippen LogP contribution in [0.25, 0.3) is 16.9 Å². The van der Waals surface area contributed by atoms with Crippen LogP contribution in [0.4, 0.5) is 17.6 Å². The van der Waals surface area contributed by atoms with Crippen LogP contribution in [0.2, 0.25) is 0 Å². The van der Waals surface area contributed by atoms with Crippen LogP contribution in [0.15, 0.2) is 79.3 Å². The first-order valence-corrected chi connectivity index (χ1v) is 11.1. The molecule has 6 rings (SSSR count). The number of allylic oxidation sites excluding steroid dienone is 1. The van der Waals surface area contributed by atoms with E-state index in [4.69, 9.17) is 0 Å². The lowest BCUT2D eigenvalue weighted by atomic mass is 9.80. The average molecular weight is 463 g/mol. The maximum absolute atomic E-state index is 15.1. The Kier molecular flexibility index (Phi) is 4.69. The van der Waals surface area contributed by atoms with Crippen molar-refractivity contribution in [2.45, 2.75) is 31.3 Å². The number of hydrogen-bond acceptors (Lipinski definition) is 0. The second-order valence-electron chi connectivity index (χ2n) is 8.92. The highest BCUT2D eigenvalue weighted by Crippen LogP contribution is 2.42. The molecule has 0 spiro atoms. The van der Waals surface area contributed by atoms with Gasteiger partial charge in [-0.3, -0.25) is 0 Å². The molecule has 0 saturated heterocycles. The molecule has 3 nitrogen and oxygen atoms in total. The molecule has 34 heavy (non-hydrogen) atoms. The maximum atomic E-state index is 15.1. The molecule has 4 heterocycles. The van der Waals surface area contributed by atoms with Gasteiger partial charge in [0.25, 0.3) is 0 Å². The van der Waals surface area contributed by atoms with E-state index in [1.165, 1.54) is 12.1 Å². The standard InChI is InChI=1S/C27H21F4N3/c1-16-15-32-8-3-2-5-24(32)25-17(11-18(28)13-22(25)30)6-7-20-21-12-19(29)14-23(31)27(21)34-10-4-9-33(34)26(16)20/h2-5,8-14,20,26H,1,6-7,15H2/q+2. The molecule has 2 aliphatic rings. The summed E-state index contributed by atoms with van der Waals surface area (Å²) in [6, 6.07) is 11.5. The van der Waals surface area contributed by atoms with Crippen LogP contribution < -0.4 is 9.25 Å².